The Bertz CT molecular complexity index is 618. The van der Waals surface area contributed by atoms with E-state index in [0.717, 1.165) is 0 Å². The zero-order valence-electron chi connectivity index (χ0n) is 11.7. The molecule has 0 fully saturated rings. The molecule has 2 aromatic rings. The van der Waals surface area contributed by atoms with E-state index in [0.29, 0.717) is 27.5 Å². The molecule has 0 spiro atoms. The predicted octanol–water partition coefficient (Wildman–Crippen LogP) is 2.64. The van der Waals surface area contributed by atoms with Gasteiger partial charge in [0, 0.05) is 0 Å². The number of hydrogen-bond donors (Lipinski definition) is 2. The van der Waals surface area contributed by atoms with Crippen LogP contribution in [-0.4, -0.2) is 28.0 Å². The van der Waals surface area contributed by atoms with Crippen LogP contribution in [0.2, 0.25) is 0 Å². The largest absolute Gasteiger partial charge is 0.492 e. The number of thioether (sulfide) groups is 1. The molecule has 0 aliphatic heterocycles. The minimum absolute atomic E-state index is 0.124. The van der Waals surface area contributed by atoms with Crippen molar-refractivity contribution in [3.8, 4) is 5.75 Å². The van der Waals surface area contributed by atoms with Gasteiger partial charge in [0.2, 0.25) is 11.0 Å². The summed E-state index contributed by atoms with van der Waals surface area (Å²) < 4.78 is 6.16. The number of ether oxygens (including phenoxy) is 1. The van der Waals surface area contributed by atoms with E-state index < -0.39 is 0 Å². The smallest absolute Gasteiger partial charge is 0.237 e. The molecule has 0 radical (unpaired) electrons. The van der Waals surface area contributed by atoms with Crippen molar-refractivity contribution in [2.45, 2.75) is 23.4 Å². The lowest BCUT2D eigenvalue weighted by Gasteiger charge is -2.13. The maximum Gasteiger partial charge on any atom is 0.237 e. The number of aromatic nitrogens is 2. The van der Waals surface area contributed by atoms with E-state index in [1.807, 2.05) is 31.2 Å². The van der Waals surface area contributed by atoms with Crippen molar-refractivity contribution in [1.82, 2.24) is 10.2 Å². The summed E-state index contributed by atoms with van der Waals surface area (Å²) in [5.74, 6) is 0.534. The van der Waals surface area contributed by atoms with Gasteiger partial charge < -0.3 is 15.8 Å². The van der Waals surface area contributed by atoms with Crippen LogP contribution in [0.5, 0.6) is 5.75 Å². The number of benzene rings is 1. The summed E-state index contributed by atoms with van der Waals surface area (Å²) >= 11 is 2.59. The van der Waals surface area contributed by atoms with E-state index in [1.54, 1.807) is 6.92 Å². The highest BCUT2D eigenvalue weighted by molar-refractivity contribution is 8.02. The maximum absolute atomic E-state index is 12.2. The van der Waals surface area contributed by atoms with Crippen molar-refractivity contribution in [2.75, 3.05) is 17.7 Å². The summed E-state index contributed by atoms with van der Waals surface area (Å²) in [6.45, 7) is 4.25. The number of nitrogens with one attached hydrogen (secondary N) is 1. The van der Waals surface area contributed by atoms with Gasteiger partial charge >= 0.3 is 0 Å². The predicted molar refractivity (Wildman–Crippen MR) is 85.9 cm³/mol. The van der Waals surface area contributed by atoms with E-state index in [1.165, 1.54) is 23.1 Å². The van der Waals surface area contributed by atoms with Crippen LogP contribution in [-0.2, 0) is 4.79 Å². The molecule has 8 heteroatoms. The van der Waals surface area contributed by atoms with Crippen LogP contribution >= 0.6 is 23.1 Å². The van der Waals surface area contributed by atoms with Crippen LogP contribution < -0.4 is 15.8 Å². The Kier molecular flexibility index (Phi) is 5.40. The van der Waals surface area contributed by atoms with Crippen molar-refractivity contribution in [1.29, 1.82) is 0 Å². The number of nitrogen functional groups attached to an aromatic ring is 1. The van der Waals surface area contributed by atoms with Gasteiger partial charge in [0.25, 0.3) is 0 Å². The lowest BCUT2D eigenvalue weighted by atomic mass is 10.3. The second-order valence-corrected chi connectivity index (χ2v) is 6.68. The molecule has 1 aromatic heterocycles. The van der Waals surface area contributed by atoms with Gasteiger partial charge in [0.15, 0.2) is 4.34 Å². The van der Waals surface area contributed by atoms with Gasteiger partial charge in [-0.25, -0.2) is 0 Å². The number of carbonyl (C=O) groups is 1. The van der Waals surface area contributed by atoms with E-state index in [4.69, 9.17) is 10.5 Å². The molecule has 1 amide bonds. The number of hydrogen-bond acceptors (Lipinski definition) is 7. The highest BCUT2D eigenvalue weighted by Gasteiger charge is 2.18. The Morgan fingerprint density at radius 2 is 2.24 bits per heavy atom. The normalized spacial score (nSPS) is 11.9. The standard InChI is InChI=1S/C13H16N4O2S2/c1-3-19-10-7-5-4-6-9(10)15-11(18)8(2)20-13-17-16-12(14)21-13/h4-8H,3H2,1-2H3,(H2,14,16)(H,15,18)/t8-/m0/s1. The molecule has 1 heterocycles. The molecule has 1 atom stereocenters. The zero-order chi connectivity index (χ0) is 15.2. The fourth-order valence-electron chi connectivity index (χ4n) is 1.56. The quantitative estimate of drug-likeness (QED) is 0.794. The molecule has 0 saturated heterocycles. The number of para-hydroxylation sites is 2. The van der Waals surface area contributed by atoms with Gasteiger partial charge in [0.1, 0.15) is 5.75 Å². The molecule has 0 saturated carbocycles. The van der Waals surface area contributed by atoms with Crippen LogP contribution in [0.25, 0.3) is 0 Å². The summed E-state index contributed by atoms with van der Waals surface area (Å²) in [4.78, 5) is 12.2. The number of nitrogens with two attached hydrogens (primary N) is 1. The van der Waals surface area contributed by atoms with Crippen molar-refractivity contribution in [3.63, 3.8) is 0 Å². The fraction of sp³-hybridized carbons (Fsp3) is 0.308. The molecular formula is C13H16N4O2S2. The lowest BCUT2D eigenvalue weighted by Crippen LogP contribution is -2.22. The van der Waals surface area contributed by atoms with Crippen LogP contribution in [0.3, 0.4) is 0 Å². The molecule has 2 rings (SSSR count). The maximum atomic E-state index is 12.2. The second-order valence-electron chi connectivity index (χ2n) is 4.08. The highest BCUT2D eigenvalue weighted by Crippen LogP contribution is 2.29. The molecule has 0 bridgehead atoms. The van der Waals surface area contributed by atoms with Gasteiger partial charge in [-0.2, -0.15) is 0 Å². The van der Waals surface area contributed by atoms with Crippen LogP contribution in [0.15, 0.2) is 28.6 Å². The van der Waals surface area contributed by atoms with E-state index in [9.17, 15) is 4.79 Å². The Labute approximate surface area is 131 Å². The molecule has 6 nitrogen and oxygen atoms in total. The summed E-state index contributed by atoms with van der Waals surface area (Å²) in [6, 6.07) is 7.34. The van der Waals surface area contributed by atoms with Gasteiger partial charge in [0.05, 0.1) is 17.5 Å². The van der Waals surface area contributed by atoms with Crippen LogP contribution in [0, 0.1) is 0 Å². The van der Waals surface area contributed by atoms with Gasteiger partial charge in [-0.15, -0.1) is 10.2 Å². The molecule has 0 unspecified atom stereocenters. The third-order valence-corrected chi connectivity index (χ3v) is 4.45. The average Bonchev–Trinajstić information content (AvgIpc) is 2.86. The first-order valence-electron chi connectivity index (χ1n) is 6.38. The zero-order valence-corrected chi connectivity index (χ0v) is 13.3. The van der Waals surface area contributed by atoms with E-state index in [2.05, 4.69) is 15.5 Å². The molecule has 112 valence electrons. The third kappa shape index (κ3) is 4.33. The number of rotatable bonds is 6. The van der Waals surface area contributed by atoms with Gasteiger partial charge in [-0.05, 0) is 26.0 Å². The minimum Gasteiger partial charge on any atom is -0.492 e. The first kappa shape index (κ1) is 15.6. The topological polar surface area (TPSA) is 90.1 Å². The molecule has 3 N–H and O–H groups in total. The molecule has 0 aliphatic rings. The van der Waals surface area contributed by atoms with Crippen molar-refractivity contribution >= 4 is 39.8 Å². The Morgan fingerprint density at radius 3 is 2.90 bits per heavy atom. The minimum atomic E-state index is -0.313. The molecule has 21 heavy (non-hydrogen) atoms. The number of nitrogens with zero attached hydrogens (tertiary/aromatic N) is 2. The van der Waals surface area contributed by atoms with Crippen molar-refractivity contribution in [2.24, 2.45) is 0 Å². The number of anilines is 2. The van der Waals surface area contributed by atoms with Gasteiger partial charge in [-0.3, -0.25) is 4.79 Å². The van der Waals surface area contributed by atoms with Crippen LogP contribution in [0.4, 0.5) is 10.8 Å². The lowest BCUT2D eigenvalue weighted by molar-refractivity contribution is -0.115. The number of amides is 1. The summed E-state index contributed by atoms with van der Waals surface area (Å²) in [5, 5.41) is 10.6. The molecule has 0 aliphatic carbocycles. The first-order valence-corrected chi connectivity index (χ1v) is 8.08. The second kappa shape index (κ2) is 7.28. The van der Waals surface area contributed by atoms with Crippen molar-refractivity contribution < 1.29 is 9.53 Å². The van der Waals surface area contributed by atoms with Gasteiger partial charge in [-0.1, -0.05) is 35.2 Å². The molecule has 1 aromatic carbocycles. The van der Waals surface area contributed by atoms with E-state index >= 15 is 0 Å². The monoisotopic (exact) mass is 324 g/mol. The highest BCUT2D eigenvalue weighted by atomic mass is 32.2. The Morgan fingerprint density at radius 1 is 1.48 bits per heavy atom. The SMILES string of the molecule is CCOc1ccccc1NC(=O)[C@H](C)Sc1nnc(N)s1. The number of carbonyl (C=O) groups excluding carboxylic acids is 1. The van der Waals surface area contributed by atoms with E-state index in [-0.39, 0.29) is 11.2 Å². The third-order valence-electron chi connectivity index (χ3n) is 2.51. The summed E-state index contributed by atoms with van der Waals surface area (Å²) in [6.07, 6.45) is 0. The van der Waals surface area contributed by atoms with Crippen molar-refractivity contribution in [3.05, 3.63) is 24.3 Å². The Hall–Kier alpha value is -1.80. The summed E-state index contributed by atoms with van der Waals surface area (Å²) in [5.41, 5.74) is 6.18. The molecular weight excluding hydrogens is 308 g/mol. The summed E-state index contributed by atoms with van der Waals surface area (Å²) in [7, 11) is 0. The average molecular weight is 324 g/mol. The fourth-order valence-corrected chi connectivity index (χ4v) is 3.34. The first-order chi connectivity index (χ1) is 10.1. The Balaban J connectivity index is 2.00. The van der Waals surface area contributed by atoms with Crippen LogP contribution in [0.1, 0.15) is 13.8 Å².